The molecule has 2 fully saturated rings. The van der Waals surface area contributed by atoms with E-state index >= 15 is 0 Å². The van der Waals surface area contributed by atoms with Crippen molar-refractivity contribution in [1.82, 2.24) is 0 Å². The maximum absolute atomic E-state index is 5.87. The van der Waals surface area contributed by atoms with Gasteiger partial charge in [0.15, 0.2) is 0 Å². The first-order chi connectivity index (χ1) is 10.5. The lowest BCUT2D eigenvalue weighted by Crippen LogP contribution is -2.26. The fraction of sp³-hybridized carbons (Fsp3) is 1.00. The number of hydrogen-bond acceptors (Lipinski definition) is 2. The van der Waals surface area contributed by atoms with Crippen LogP contribution in [0.25, 0.3) is 0 Å². The second kappa shape index (κ2) is 7.21. The number of rotatable bonds is 12. The van der Waals surface area contributed by atoms with Gasteiger partial charge < -0.3 is 9.47 Å². The fourth-order valence-electron chi connectivity index (χ4n) is 4.78. The SMILES string of the molecule is CCCCCCCCCCC1(C2CC2(C)OC)CC1(C)OC. The van der Waals surface area contributed by atoms with Crippen LogP contribution in [-0.2, 0) is 9.47 Å². The van der Waals surface area contributed by atoms with Gasteiger partial charge in [-0.2, -0.15) is 0 Å². The lowest BCUT2D eigenvalue weighted by atomic mass is 9.87. The van der Waals surface area contributed by atoms with E-state index in [0.29, 0.717) is 11.3 Å². The van der Waals surface area contributed by atoms with Gasteiger partial charge in [0.05, 0.1) is 11.2 Å². The minimum Gasteiger partial charge on any atom is -0.378 e. The highest BCUT2D eigenvalue weighted by Gasteiger charge is 2.76. The number of unbranched alkanes of at least 4 members (excludes halogenated alkanes) is 7. The highest BCUT2D eigenvalue weighted by Crippen LogP contribution is 2.74. The maximum atomic E-state index is 5.87. The third kappa shape index (κ3) is 3.53. The van der Waals surface area contributed by atoms with Crippen molar-refractivity contribution in [3.05, 3.63) is 0 Å². The highest BCUT2D eigenvalue weighted by atomic mass is 16.5. The van der Waals surface area contributed by atoms with Crippen molar-refractivity contribution in [2.75, 3.05) is 14.2 Å². The summed E-state index contributed by atoms with van der Waals surface area (Å²) >= 11 is 0. The Balaban J connectivity index is 1.70. The van der Waals surface area contributed by atoms with Crippen molar-refractivity contribution < 1.29 is 9.47 Å². The molecule has 22 heavy (non-hydrogen) atoms. The molecule has 0 aliphatic heterocycles. The molecule has 0 aromatic rings. The molecule has 2 aliphatic rings. The molecule has 0 amide bonds. The van der Waals surface area contributed by atoms with Gasteiger partial charge in [0.2, 0.25) is 0 Å². The molecule has 0 heterocycles. The number of ether oxygens (including phenoxy) is 2. The van der Waals surface area contributed by atoms with E-state index in [1.807, 2.05) is 14.2 Å². The Hall–Kier alpha value is -0.0800. The first kappa shape index (κ1) is 18.3. The molecule has 4 atom stereocenters. The summed E-state index contributed by atoms with van der Waals surface area (Å²) in [5, 5.41) is 0. The van der Waals surface area contributed by atoms with Crippen LogP contribution in [0.5, 0.6) is 0 Å². The van der Waals surface area contributed by atoms with Crippen LogP contribution < -0.4 is 0 Å². The predicted octanol–water partition coefficient (Wildman–Crippen LogP) is 5.74. The van der Waals surface area contributed by atoms with Crippen molar-refractivity contribution in [1.29, 1.82) is 0 Å². The van der Waals surface area contributed by atoms with Crippen molar-refractivity contribution in [3.8, 4) is 0 Å². The van der Waals surface area contributed by atoms with Crippen LogP contribution in [0.4, 0.5) is 0 Å². The Labute approximate surface area is 138 Å². The van der Waals surface area contributed by atoms with Crippen LogP contribution in [0.3, 0.4) is 0 Å². The zero-order chi connectivity index (χ0) is 16.3. The van der Waals surface area contributed by atoms with Crippen LogP contribution in [0.2, 0.25) is 0 Å². The van der Waals surface area contributed by atoms with E-state index in [0.717, 1.165) is 0 Å². The third-order valence-corrected chi connectivity index (χ3v) is 6.83. The molecule has 0 radical (unpaired) electrons. The molecule has 0 aromatic carbocycles. The molecule has 130 valence electrons. The van der Waals surface area contributed by atoms with Crippen molar-refractivity contribution in [2.24, 2.45) is 11.3 Å². The Morgan fingerprint density at radius 2 is 1.45 bits per heavy atom. The fourth-order valence-corrected chi connectivity index (χ4v) is 4.78. The minimum absolute atomic E-state index is 0.106. The average Bonchev–Trinajstić information content (AvgIpc) is 3.37. The van der Waals surface area contributed by atoms with E-state index in [4.69, 9.17) is 9.47 Å². The average molecular weight is 311 g/mol. The first-order valence-corrected chi connectivity index (χ1v) is 9.58. The van der Waals surface area contributed by atoms with Crippen LogP contribution >= 0.6 is 0 Å². The molecular weight excluding hydrogens is 272 g/mol. The molecule has 2 aliphatic carbocycles. The van der Waals surface area contributed by atoms with Gasteiger partial charge in [0, 0.05) is 19.6 Å². The molecular formula is C20H38O2. The topological polar surface area (TPSA) is 18.5 Å². The Bertz CT molecular complexity index is 356. The highest BCUT2D eigenvalue weighted by molar-refractivity contribution is 5.26. The smallest absolute Gasteiger partial charge is 0.0718 e. The molecule has 2 heteroatoms. The summed E-state index contributed by atoms with van der Waals surface area (Å²) in [6.45, 7) is 6.88. The van der Waals surface area contributed by atoms with Gasteiger partial charge >= 0.3 is 0 Å². The Kier molecular flexibility index (Phi) is 5.99. The third-order valence-electron chi connectivity index (χ3n) is 6.83. The van der Waals surface area contributed by atoms with Crippen LogP contribution in [-0.4, -0.2) is 25.4 Å². The van der Waals surface area contributed by atoms with E-state index in [1.165, 1.54) is 70.6 Å². The summed E-state index contributed by atoms with van der Waals surface area (Å²) in [5.74, 6) is 0.708. The lowest BCUT2D eigenvalue weighted by molar-refractivity contribution is 0.0171. The summed E-state index contributed by atoms with van der Waals surface area (Å²) < 4.78 is 11.6. The zero-order valence-electron chi connectivity index (χ0n) is 15.7. The number of hydrogen-bond donors (Lipinski definition) is 0. The van der Waals surface area contributed by atoms with Gasteiger partial charge in [0.1, 0.15) is 0 Å². The van der Waals surface area contributed by atoms with E-state index in [-0.39, 0.29) is 11.2 Å². The largest absolute Gasteiger partial charge is 0.378 e. The Morgan fingerprint density at radius 3 is 1.91 bits per heavy atom. The summed E-state index contributed by atoms with van der Waals surface area (Å²) in [6.07, 6.45) is 15.0. The molecule has 0 spiro atoms. The van der Waals surface area contributed by atoms with Gasteiger partial charge in [-0.1, -0.05) is 58.3 Å². The van der Waals surface area contributed by atoms with Crippen molar-refractivity contribution >= 4 is 0 Å². The Morgan fingerprint density at radius 1 is 0.864 bits per heavy atom. The van der Waals surface area contributed by atoms with Crippen molar-refractivity contribution in [3.63, 3.8) is 0 Å². The van der Waals surface area contributed by atoms with E-state index in [9.17, 15) is 0 Å². The molecule has 0 N–H and O–H groups in total. The normalized spacial score (nSPS) is 40.0. The van der Waals surface area contributed by atoms with Gasteiger partial charge in [0.25, 0.3) is 0 Å². The standard InChI is InChI=1S/C20H38O2/c1-6-7-8-9-10-11-12-13-14-20(16-19(20,3)22-5)17-15-18(17,2)21-4/h17H,6-16H2,1-5H3. The molecule has 4 unspecified atom stereocenters. The summed E-state index contributed by atoms with van der Waals surface area (Å²) in [6, 6.07) is 0. The molecule has 0 bridgehead atoms. The second-order valence-electron chi connectivity index (χ2n) is 8.27. The maximum Gasteiger partial charge on any atom is 0.0718 e. The summed E-state index contributed by atoms with van der Waals surface area (Å²) in [7, 11) is 3.76. The zero-order valence-corrected chi connectivity index (χ0v) is 15.7. The van der Waals surface area contributed by atoms with Gasteiger partial charge in [-0.05, 0) is 39.0 Å². The van der Waals surface area contributed by atoms with Crippen molar-refractivity contribution in [2.45, 2.75) is 103 Å². The van der Waals surface area contributed by atoms with Crippen LogP contribution in [0.1, 0.15) is 91.4 Å². The summed E-state index contributed by atoms with van der Waals surface area (Å²) in [5.41, 5.74) is 0.625. The molecule has 2 rings (SSSR count). The van der Waals surface area contributed by atoms with Crippen LogP contribution in [0, 0.1) is 11.3 Å². The van der Waals surface area contributed by atoms with E-state index in [2.05, 4.69) is 20.8 Å². The molecule has 2 saturated carbocycles. The van der Waals surface area contributed by atoms with Gasteiger partial charge in [-0.25, -0.2) is 0 Å². The first-order valence-electron chi connectivity index (χ1n) is 9.58. The summed E-state index contributed by atoms with van der Waals surface area (Å²) in [4.78, 5) is 0. The molecule has 0 aromatic heterocycles. The molecule has 2 nitrogen and oxygen atoms in total. The van der Waals surface area contributed by atoms with E-state index < -0.39 is 0 Å². The lowest BCUT2D eigenvalue weighted by Gasteiger charge is -2.24. The van der Waals surface area contributed by atoms with E-state index in [1.54, 1.807) is 0 Å². The van der Waals surface area contributed by atoms with Crippen LogP contribution in [0.15, 0.2) is 0 Å². The predicted molar refractivity (Wildman–Crippen MR) is 93.2 cm³/mol. The monoisotopic (exact) mass is 310 g/mol. The van der Waals surface area contributed by atoms with Gasteiger partial charge in [-0.15, -0.1) is 0 Å². The minimum atomic E-state index is 0.106. The van der Waals surface area contributed by atoms with Gasteiger partial charge in [-0.3, -0.25) is 0 Å². The molecule has 0 saturated heterocycles. The number of methoxy groups -OCH3 is 2. The quantitative estimate of drug-likeness (QED) is 0.428. The second-order valence-corrected chi connectivity index (χ2v) is 8.27.